The van der Waals surface area contributed by atoms with Crippen molar-refractivity contribution in [1.82, 2.24) is 25.6 Å². The summed E-state index contributed by atoms with van der Waals surface area (Å²) in [6.07, 6.45) is 1.49. The van der Waals surface area contributed by atoms with Crippen LogP contribution >= 0.6 is 0 Å². The molecule has 3 heterocycles. The first-order chi connectivity index (χ1) is 14.0. The van der Waals surface area contributed by atoms with E-state index in [4.69, 9.17) is 0 Å². The number of carbonyl (C=O) groups excluding carboxylic acids is 2. The van der Waals surface area contributed by atoms with Crippen LogP contribution in [0.3, 0.4) is 0 Å². The number of benzene rings is 1. The third kappa shape index (κ3) is 4.13. The second-order valence-electron chi connectivity index (χ2n) is 7.50. The highest BCUT2D eigenvalue weighted by Gasteiger charge is 2.36. The normalized spacial score (nSPS) is 23.0. The number of nitrogens with zero attached hydrogens (tertiary/aromatic N) is 3. The molecule has 152 valence electrons. The minimum absolute atomic E-state index is 0.00888. The van der Waals surface area contributed by atoms with Crippen molar-refractivity contribution in [3.05, 3.63) is 65.2 Å². The van der Waals surface area contributed by atoms with Crippen molar-refractivity contribution in [2.75, 3.05) is 26.2 Å². The van der Waals surface area contributed by atoms with E-state index in [-0.39, 0.29) is 29.6 Å². The van der Waals surface area contributed by atoms with Gasteiger partial charge in [0, 0.05) is 38.6 Å². The Balaban J connectivity index is 1.44. The van der Waals surface area contributed by atoms with E-state index in [0.29, 0.717) is 38.2 Å². The molecule has 2 aliphatic heterocycles. The van der Waals surface area contributed by atoms with Gasteiger partial charge in [0.25, 0.3) is 5.91 Å². The molecule has 2 fully saturated rings. The first-order valence-electron chi connectivity index (χ1n) is 9.77. The van der Waals surface area contributed by atoms with Gasteiger partial charge in [-0.15, -0.1) is 0 Å². The molecule has 29 heavy (non-hydrogen) atoms. The van der Waals surface area contributed by atoms with Crippen molar-refractivity contribution in [2.45, 2.75) is 25.4 Å². The Labute approximate surface area is 168 Å². The number of rotatable bonds is 3. The van der Waals surface area contributed by atoms with Gasteiger partial charge >= 0.3 is 0 Å². The van der Waals surface area contributed by atoms with Crippen LogP contribution in [0.4, 0.5) is 4.39 Å². The molecule has 2 unspecified atom stereocenters. The van der Waals surface area contributed by atoms with Crippen molar-refractivity contribution in [1.29, 1.82) is 0 Å². The third-order valence-electron chi connectivity index (χ3n) is 5.64. The van der Waals surface area contributed by atoms with Gasteiger partial charge in [-0.1, -0.05) is 30.3 Å². The maximum atomic E-state index is 13.4. The van der Waals surface area contributed by atoms with Gasteiger partial charge < -0.3 is 4.90 Å². The molecule has 1 aromatic carbocycles. The summed E-state index contributed by atoms with van der Waals surface area (Å²) < 4.78 is 13.4. The number of hydrazine groups is 1. The maximum absolute atomic E-state index is 13.4. The van der Waals surface area contributed by atoms with E-state index in [0.717, 1.165) is 11.8 Å². The second kappa shape index (κ2) is 8.26. The third-order valence-corrected chi connectivity index (χ3v) is 5.64. The molecule has 0 radical (unpaired) electrons. The lowest BCUT2D eigenvalue weighted by Gasteiger charge is -2.44. The first kappa shape index (κ1) is 19.5. The SMILES string of the molecule is Cc1cc(C(=O)N2CCN(C3CC(=O)NNC3c3ccccc3)CC2)ncc1F. The largest absolute Gasteiger partial charge is 0.335 e. The molecule has 2 amide bonds. The number of pyridine rings is 1. The van der Waals surface area contributed by atoms with Gasteiger partial charge in [0.05, 0.1) is 12.2 Å². The summed E-state index contributed by atoms with van der Waals surface area (Å²) in [6.45, 7) is 4.02. The van der Waals surface area contributed by atoms with Crippen LogP contribution in [0.15, 0.2) is 42.6 Å². The minimum Gasteiger partial charge on any atom is -0.335 e. The first-order valence-corrected chi connectivity index (χ1v) is 9.77. The highest BCUT2D eigenvalue weighted by Crippen LogP contribution is 2.26. The highest BCUT2D eigenvalue weighted by atomic mass is 19.1. The lowest BCUT2D eigenvalue weighted by Crippen LogP contribution is -2.60. The minimum atomic E-state index is -0.415. The second-order valence-corrected chi connectivity index (χ2v) is 7.50. The fourth-order valence-electron chi connectivity index (χ4n) is 3.99. The van der Waals surface area contributed by atoms with Crippen molar-refractivity contribution in [2.24, 2.45) is 0 Å². The predicted molar refractivity (Wildman–Crippen MR) is 105 cm³/mol. The van der Waals surface area contributed by atoms with Gasteiger partial charge in [-0.3, -0.25) is 19.9 Å². The van der Waals surface area contributed by atoms with Gasteiger partial charge in [-0.25, -0.2) is 14.8 Å². The number of hydrogen-bond donors (Lipinski definition) is 2. The molecular formula is C21H24FN5O2. The van der Waals surface area contributed by atoms with Crippen LogP contribution in [-0.2, 0) is 4.79 Å². The molecule has 2 aliphatic rings. The summed E-state index contributed by atoms with van der Waals surface area (Å²) in [5, 5.41) is 0. The van der Waals surface area contributed by atoms with Crippen molar-refractivity contribution in [3.63, 3.8) is 0 Å². The van der Waals surface area contributed by atoms with Gasteiger partial charge in [-0.05, 0) is 24.1 Å². The van der Waals surface area contributed by atoms with Crippen molar-refractivity contribution >= 4 is 11.8 Å². The lowest BCUT2D eigenvalue weighted by atomic mass is 9.93. The fraction of sp³-hybridized carbons (Fsp3) is 0.381. The Kier molecular flexibility index (Phi) is 5.55. The number of aryl methyl sites for hydroxylation is 1. The van der Waals surface area contributed by atoms with Crippen LogP contribution in [0, 0.1) is 12.7 Å². The smallest absolute Gasteiger partial charge is 0.272 e. The van der Waals surface area contributed by atoms with Crippen LogP contribution in [0.2, 0.25) is 0 Å². The number of hydrogen-bond acceptors (Lipinski definition) is 5. The average Bonchev–Trinajstić information content (AvgIpc) is 2.76. The van der Waals surface area contributed by atoms with Crippen LogP contribution in [0.25, 0.3) is 0 Å². The molecular weight excluding hydrogens is 373 g/mol. The Morgan fingerprint density at radius 2 is 1.90 bits per heavy atom. The summed E-state index contributed by atoms with van der Waals surface area (Å²) >= 11 is 0. The van der Waals surface area contributed by atoms with E-state index in [9.17, 15) is 14.0 Å². The number of halogens is 1. The maximum Gasteiger partial charge on any atom is 0.272 e. The zero-order chi connectivity index (χ0) is 20.4. The predicted octanol–water partition coefficient (Wildman–Crippen LogP) is 1.42. The summed E-state index contributed by atoms with van der Waals surface area (Å²) in [5.41, 5.74) is 7.66. The van der Waals surface area contributed by atoms with Crippen LogP contribution in [0.1, 0.15) is 34.1 Å². The molecule has 1 aromatic heterocycles. The van der Waals surface area contributed by atoms with E-state index in [2.05, 4.69) is 20.7 Å². The Morgan fingerprint density at radius 1 is 1.17 bits per heavy atom. The molecule has 7 nitrogen and oxygen atoms in total. The molecule has 0 aliphatic carbocycles. The summed E-state index contributed by atoms with van der Waals surface area (Å²) in [4.78, 5) is 32.7. The van der Waals surface area contributed by atoms with E-state index in [1.807, 2.05) is 30.3 Å². The zero-order valence-corrected chi connectivity index (χ0v) is 16.3. The van der Waals surface area contributed by atoms with E-state index in [1.54, 1.807) is 11.8 Å². The van der Waals surface area contributed by atoms with E-state index < -0.39 is 5.82 Å². The average molecular weight is 397 g/mol. The number of piperazine rings is 1. The van der Waals surface area contributed by atoms with Gasteiger partial charge in [0.1, 0.15) is 11.5 Å². The van der Waals surface area contributed by atoms with Crippen LogP contribution in [0.5, 0.6) is 0 Å². The standard InChI is InChI=1S/C21H24FN5O2/c1-14-11-17(23-13-16(14)22)21(29)27-9-7-26(8-10-27)18-12-19(28)24-25-20(18)15-5-3-2-4-6-15/h2-6,11,13,18,20,25H,7-10,12H2,1H3,(H,24,28). The number of carbonyl (C=O) groups is 2. The summed E-state index contributed by atoms with van der Waals surface area (Å²) in [6, 6.07) is 11.5. The molecule has 8 heteroatoms. The van der Waals surface area contributed by atoms with Crippen LogP contribution in [-0.4, -0.2) is 58.8 Å². The topological polar surface area (TPSA) is 77.6 Å². The van der Waals surface area contributed by atoms with E-state index in [1.165, 1.54) is 6.07 Å². The number of nitrogens with one attached hydrogen (secondary N) is 2. The van der Waals surface area contributed by atoms with Crippen molar-refractivity contribution in [3.8, 4) is 0 Å². The van der Waals surface area contributed by atoms with Gasteiger partial charge in [-0.2, -0.15) is 0 Å². The molecule has 0 saturated carbocycles. The monoisotopic (exact) mass is 397 g/mol. The molecule has 2 aromatic rings. The molecule has 2 atom stereocenters. The summed E-state index contributed by atoms with van der Waals surface area (Å²) in [7, 11) is 0. The van der Waals surface area contributed by atoms with Gasteiger partial charge in [0.2, 0.25) is 5.91 Å². The zero-order valence-electron chi connectivity index (χ0n) is 16.3. The fourth-order valence-corrected chi connectivity index (χ4v) is 3.99. The van der Waals surface area contributed by atoms with E-state index >= 15 is 0 Å². The van der Waals surface area contributed by atoms with Crippen molar-refractivity contribution < 1.29 is 14.0 Å². The Morgan fingerprint density at radius 3 is 2.59 bits per heavy atom. The molecule has 0 bridgehead atoms. The molecule has 2 N–H and O–H groups in total. The molecule has 0 spiro atoms. The molecule has 4 rings (SSSR count). The number of aromatic nitrogens is 1. The highest BCUT2D eigenvalue weighted by molar-refractivity contribution is 5.92. The quantitative estimate of drug-likeness (QED) is 0.819. The molecule has 2 saturated heterocycles. The summed E-state index contributed by atoms with van der Waals surface area (Å²) in [5.74, 6) is -0.639. The lowest BCUT2D eigenvalue weighted by molar-refractivity contribution is -0.127. The number of amides is 2. The van der Waals surface area contributed by atoms with Gasteiger partial charge in [0.15, 0.2) is 0 Å². The Hall–Kier alpha value is -2.84. The van der Waals surface area contributed by atoms with Crippen LogP contribution < -0.4 is 10.9 Å². The Bertz CT molecular complexity index is 899.